The van der Waals surface area contributed by atoms with Crippen LogP contribution >= 0.6 is 0 Å². The molecule has 1 aliphatic heterocycles. The van der Waals surface area contributed by atoms with Gasteiger partial charge in [0.1, 0.15) is 5.60 Å². The molecule has 0 bridgehead atoms. The number of amides is 1. The number of likely N-dealkylation sites (tertiary alicyclic amines) is 1. The van der Waals surface area contributed by atoms with Crippen LogP contribution in [0.25, 0.3) is 0 Å². The van der Waals surface area contributed by atoms with E-state index in [-0.39, 0.29) is 12.1 Å². The van der Waals surface area contributed by atoms with Gasteiger partial charge in [0.05, 0.1) is 18.7 Å². The van der Waals surface area contributed by atoms with Gasteiger partial charge in [0.2, 0.25) is 0 Å². The summed E-state index contributed by atoms with van der Waals surface area (Å²) in [6, 6.07) is 7.77. The van der Waals surface area contributed by atoms with E-state index in [0.29, 0.717) is 13.1 Å². The molecule has 0 radical (unpaired) electrons. The number of nitrogens with zero attached hydrogens (tertiary/aromatic N) is 1. The molecule has 2 rings (SSSR count). The van der Waals surface area contributed by atoms with Gasteiger partial charge >= 0.3 is 6.09 Å². The summed E-state index contributed by atoms with van der Waals surface area (Å²) < 4.78 is 5.34. The van der Waals surface area contributed by atoms with Crippen molar-refractivity contribution in [3.63, 3.8) is 0 Å². The Labute approximate surface area is 125 Å². The Bertz CT molecular complexity index is 510. The van der Waals surface area contributed by atoms with E-state index in [0.717, 1.165) is 11.3 Å². The minimum atomic E-state index is -0.599. The highest BCUT2D eigenvalue weighted by Crippen LogP contribution is 2.19. The zero-order chi connectivity index (χ0) is 15.6. The van der Waals surface area contributed by atoms with Crippen molar-refractivity contribution in [3.8, 4) is 0 Å². The van der Waals surface area contributed by atoms with Crippen molar-refractivity contribution in [2.75, 3.05) is 18.4 Å². The number of aliphatic hydroxyl groups excluding tert-OH is 1. The van der Waals surface area contributed by atoms with Crippen LogP contribution in [0.2, 0.25) is 0 Å². The van der Waals surface area contributed by atoms with Crippen molar-refractivity contribution < 1.29 is 14.6 Å². The molecule has 0 aromatic heterocycles. The third-order valence-electron chi connectivity index (χ3n) is 3.31. The highest BCUT2D eigenvalue weighted by Gasteiger charge is 2.36. The topological polar surface area (TPSA) is 61.8 Å². The Hall–Kier alpha value is -1.75. The third-order valence-corrected chi connectivity index (χ3v) is 3.31. The van der Waals surface area contributed by atoms with Gasteiger partial charge in [-0.15, -0.1) is 0 Å². The van der Waals surface area contributed by atoms with Crippen molar-refractivity contribution in [3.05, 3.63) is 29.8 Å². The van der Waals surface area contributed by atoms with Crippen LogP contribution in [-0.2, 0) is 4.74 Å². The average molecular weight is 292 g/mol. The smallest absolute Gasteiger partial charge is 0.410 e. The van der Waals surface area contributed by atoms with E-state index >= 15 is 0 Å². The number of carbonyl (C=O) groups excluding carboxylic acids is 1. The molecule has 116 valence electrons. The molecule has 0 saturated carbocycles. The number of carbonyl (C=O) groups is 1. The number of hydrogen-bond acceptors (Lipinski definition) is 4. The Balaban J connectivity index is 1.96. The summed E-state index contributed by atoms with van der Waals surface area (Å²) >= 11 is 0. The number of ether oxygens (including phenoxy) is 1. The van der Waals surface area contributed by atoms with E-state index in [1.807, 2.05) is 52.0 Å². The van der Waals surface area contributed by atoms with Crippen LogP contribution < -0.4 is 5.32 Å². The maximum Gasteiger partial charge on any atom is 0.410 e. The van der Waals surface area contributed by atoms with E-state index in [9.17, 15) is 9.90 Å². The van der Waals surface area contributed by atoms with Crippen LogP contribution in [0.5, 0.6) is 0 Å². The molecular weight excluding hydrogens is 268 g/mol. The Morgan fingerprint density at radius 3 is 2.71 bits per heavy atom. The normalized spacial score (nSPS) is 22.2. The summed E-state index contributed by atoms with van der Waals surface area (Å²) in [6.07, 6.45) is -0.979. The lowest BCUT2D eigenvalue weighted by Crippen LogP contribution is -2.36. The van der Waals surface area contributed by atoms with Crippen LogP contribution in [0.4, 0.5) is 10.5 Å². The van der Waals surface area contributed by atoms with Gasteiger partial charge in [-0.2, -0.15) is 0 Å². The van der Waals surface area contributed by atoms with Crippen molar-refractivity contribution in [2.24, 2.45) is 0 Å². The molecule has 0 spiro atoms. The number of aliphatic hydroxyl groups is 1. The van der Waals surface area contributed by atoms with E-state index < -0.39 is 11.7 Å². The van der Waals surface area contributed by atoms with Crippen molar-refractivity contribution in [2.45, 2.75) is 45.4 Å². The fraction of sp³-hybridized carbons (Fsp3) is 0.562. The van der Waals surface area contributed by atoms with Crippen LogP contribution in [-0.4, -0.2) is 46.9 Å². The number of rotatable bonds is 2. The second-order valence-corrected chi connectivity index (χ2v) is 6.57. The fourth-order valence-corrected chi connectivity index (χ4v) is 2.35. The van der Waals surface area contributed by atoms with E-state index in [1.165, 1.54) is 0 Å². The minimum Gasteiger partial charge on any atom is -0.444 e. The molecule has 1 fully saturated rings. The maximum atomic E-state index is 12.0. The summed E-state index contributed by atoms with van der Waals surface area (Å²) in [5.74, 6) is 0. The lowest BCUT2D eigenvalue weighted by Gasteiger charge is -2.24. The second kappa shape index (κ2) is 5.93. The van der Waals surface area contributed by atoms with Gasteiger partial charge in [-0.1, -0.05) is 12.1 Å². The van der Waals surface area contributed by atoms with Crippen LogP contribution in [0.1, 0.15) is 26.3 Å². The monoisotopic (exact) mass is 292 g/mol. The molecule has 1 aromatic carbocycles. The quantitative estimate of drug-likeness (QED) is 0.878. The highest BCUT2D eigenvalue weighted by molar-refractivity contribution is 5.69. The molecule has 0 unspecified atom stereocenters. The van der Waals surface area contributed by atoms with Gasteiger partial charge in [-0.25, -0.2) is 4.79 Å². The predicted octanol–water partition coefficient (Wildman–Crippen LogP) is 2.39. The lowest BCUT2D eigenvalue weighted by atomic mass is 10.1. The zero-order valence-corrected chi connectivity index (χ0v) is 13.1. The Morgan fingerprint density at radius 1 is 1.38 bits per heavy atom. The Kier molecular flexibility index (Phi) is 4.42. The first kappa shape index (κ1) is 15.6. The SMILES string of the molecule is Cc1cccc(N[C@@H]2CN(C(=O)OC(C)(C)C)C[C@H]2O)c1. The molecule has 1 saturated heterocycles. The molecule has 21 heavy (non-hydrogen) atoms. The number of aryl methyl sites for hydroxylation is 1. The molecule has 5 nitrogen and oxygen atoms in total. The van der Waals surface area contributed by atoms with Crippen LogP contribution in [0.3, 0.4) is 0 Å². The van der Waals surface area contributed by atoms with Crippen molar-refractivity contribution in [1.82, 2.24) is 4.90 Å². The molecule has 1 heterocycles. The first-order valence-corrected chi connectivity index (χ1v) is 7.24. The molecule has 5 heteroatoms. The summed E-state index contributed by atoms with van der Waals surface area (Å²) in [5, 5.41) is 13.4. The summed E-state index contributed by atoms with van der Waals surface area (Å²) in [6.45, 7) is 8.24. The molecule has 0 aliphatic carbocycles. The Morgan fingerprint density at radius 2 is 2.10 bits per heavy atom. The third kappa shape index (κ3) is 4.36. The molecule has 2 atom stereocenters. The summed E-state index contributed by atoms with van der Waals surface area (Å²) in [7, 11) is 0. The summed E-state index contributed by atoms with van der Waals surface area (Å²) in [4.78, 5) is 13.6. The standard InChI is InChI=1S/C16H24N2O3/c1-11-6-5-7-12(8-11)17-13-9-18(10-14(13)19)15(20)21-16(2,3)4/h5-8,13-14,17,19H,9-10H2,1-4H3/t13-,14-/m1/s1. The zero-order valence-electron chi connectivity index (χ0n) is 13.1. The first-order chi connectivity index (χ1) is 9.74. The number of hydrogen-bond donors (Lipinski definition) is 2. The van der Waals surface area contributed by atoms with E-state index in [4.69, 9.17) is 4.74 Å². The van der Waals surface area contributed by atoms with Crippen molar-refractivity contribution in [1.29, 1.82) is 0 Å². The number of benzene rings is 1. The van der Waals surface area contributed by atoms with Gasteiger partial charge in [-0.3, -0.25) is 0 Å². The van der Waals surface area contributed by atoms with E-state index in [1.54, 1.807) is 4.90 Å². The molecule has 1 aromatic rings. The van der Waals surface area contributed by atoms with Gasteiger partial charge in [0, 0.05) is 12.2 Å². The molecule has 2 N–H and O–H groups in total. The van der Waals surface area contributed by atoms with E-state index in [2.05, 4.69) is 5.32 Å². The fourth-order valence-electron chi connectivity index (χ4n) is 2.35. The summed E-state index contributed by atoms with van der Waals surface area (Å²) in [5.41, 5.74) is 1.57. The largest absolute Gasteiger partial charge is 0.444 e. The molecule has 1 amide bonds. The van der Waals surface area contributed by atoms with Gasteiger partial charge in [-0.05, 0) is 45.4 Å². The van der Waals surface area contributed by atoms with Crippen LogP contribution in [0, 0.1) is 6.92 Å². The number of anilines is 1. The van der Waals surface area contributed by atoms with Crippen molar-refractivity contribution >= 4 is 11.8 Å². The number of β-amino-alcohol motifs (C(OH)–C–C–N with tert-alkyl or cyclic N) is 1. The van der Waals surface area contributed by atoms with Crippen LogP contribution in [0.15, 0.2) is 24.3 Å². The first-order valence-electron chi connectivity index (χ1n) is 7.24. The van der Waals surface area contributed by atoms with Gasteiger partial charge < -0.3 is 20.1 Å². The van der Waals surface area contributed by atoms with Gasteiger partial charge in [0.25, 0.3) is 0 Å². The minimum absolute atomic E-state index is 0.181. The lowest BCUT2D eigenvalue weighted by molar-refractivity contribution is 0.0270. The highest BCUT2D eigenvalue weighted by atomic mass is 16.6. The molecule has 1 aliphatic rings. The maximum absolute atomic E-state index is 12.0. The predicted molar refractivity (Wildman–Crippen MR) is 82.4 cm³/mol. The second-order valence-electron chi connectivity index (χ2n) is 6.57. The number of nitrogens with one attached hydrogen (secondary N) is 1. The van der Waals surface area contributed by atoms with Gasteiger partial charge in [0.15, 0.2) is 0 Å². The molecular formula is C16H24N2O3. The average Bonchev–Trinajstić information content (AvgIpc) is 2.69.